The zero-order chi connectivity index (χ0) is 14.5. The average Bonchev–Trinajstić information content (AvgIpc) is 2.43. The Morgan fingerprint density at radius 1 is 1.10 bits per heavy atom. The molecule has 0 bridgehead atoms. The summed E-state index contributed by atoms with van der Waals surface area (Å²) in [6, 6.07) is 11.8. The van der Waals surface area contributed by atoms with Gasteiger partial charge in [-0.2, -0.15) is 0 Å². The molecule has 2 aromatic carbocycles. The van der Waals surface area contributed by atoms with Crippen molar-refractivity contribution in [2.24, 2.45) is 5.73 Å². The summed E-state index contributed by atoms with van der Waals surface area (Å²) in [5.41, 5.74) is 12.0. The third-order valence-electron chi connectivity index (χ3n) is 2.66. The number of nitrogens with two attached hydrogens (primary N) is 2. The maximum absolute atomic E-state index is 11.0. The minimum atomic E-state index is -0.470. The zero-order valence-electron chi connectivity index (χ0n) is 11.1. The van der Waals surface area contributed by atoms with Crippen molar-refractivity contribution in [3.63, 3.8) is 0 Å². The minimum absolute atomic E-state index is 0.435. The van der Waals surface area contributed by atoms with E-state index in [-0.39, 0.29) is 0 Å². The number of primary amides is 1. The van der Waals surface area contributed by atoms with Gasteiger partial charge in [-0.1, -0.05) is 0 Å². The van der Waals surface area contributed by atoms with E-state index in [2.05, 4.69) is 0 Å². The number of carbonyl (C=O) groups is 1. The van der Waals surface area contributed by atoms with E-state index in [1.165, 1.54) is 0 Å². The second-order valence-corrected chi connectivity index (χ2v) is 4.12. The number of carbonyl (C=O) groups excluding carboxylic acids is 1. The summed E-state index contributed by atoms with van der Waals surface area (Å²) in [4.78, 5) is 11.0. The molecular weight excluding hydrogens is 256 g/mol. The Hall–Kier alpha value is -2.69. The predicted octanol–water partition coefficient (Wildman–Crippen LogP) is 2.56. The fourth-order valence-corrected chi connectivity index (χ4v) is 1.68. The van der Waals surface area contributed by atoms with Gasteiger partial charge in [0.05, 0.1) is 12.3 Å². The van der Waals surface area contributed by atoms with Crippen LogP contribution in [-0.4, -0.2) is 12.5 Å². The zero-order valence-corrected chi connectivity index (χ0v) is 11.1. The van der Waals surface area contributed by atoms with E-state index < -0.39 is 5.91 Å². The highest BCUT2D eigenvalue weighted by atomic mass is 16.5. The largest absolute Gasteiger partial charge is 0.492 e. The van der Waals surface area contributed by atoms with Gasteiger partial charge < -0.3 is 20.9 Å². The van der Waals surface area contributed by atoms with Gasteiger partial charge in [0.1, 0.15) is 17.2 Å². The molecule has 0 fully saturated rings. The lowest BCUT2D eigenvalue weighted by molar-refractivity contribution is 0.100. The van der Waals surface area contributed by atoms with Crippen molar-refractivity contribution in [3.8, 4) is 17.2 Å². The number of rotatable bonds is 5. The molecule has 0 unspecified atom stereocenters. The van der Waals surface area contributed by atoms with Crippen molar-refractivity contribution in [2.45, 2.75) is 6.92 Å². The van der Waals surface area contributed by atoms with E-state index in [0.717, 1.165) is 0 Å². The molecule has 1 amide bonds. The van der Waals surface area contributed by atoms with Crippen LogP contribution in [0.15, 0.2) is 42.5 Å². The monoisotopic (exact) mass is 272 g/mol. The van der Waals surface area contributed by atoms with Gasteiger partial charge in [-0.05, 0) is 43.3 Å². The van der Waals surface area contributed by atoms with E-state index in [0.29, 0.717) is 35.1 Å². The molecule has 0 atom stereocenters. The van der Waals surface area contributed by atoms with Crippen LogP contribution in [0.5, 0.6) is 17.2 Å². The van der Waals surface area contributed by atoms with Gasteiger partial charge in [0.15, 0.2) is 0 Å². The van der Waals surface area contributed by atoms with Crippen LogP contribution < -0.4 is 20.9 Å². The van der Waals surface area contributed by atoms with Crippen molar-refractivity contribution in [3.05, 3.63) is 48.0 Å². The first-order valence-electron chi connectivity index (χ1n) is 6.20. The molecule has 0 saturated heterocycles. The minimum Gasteiger partial charge on any atom is -0.492 e. The summed E-state index contributed by atoms with van der Waals surface area (Å²) in [5.74, 6) is 1.32. The van der Waals surface area contributed by atoms with Crippen LogP contribution in [0.4, 0.5) is 5.69 Å². The van der Waals surface area contributed by atoms with Gasteiger partial charge in [0, 0.05) is 11.6 Å². The van der Waals surface area contributed by atoms with Gasteiger partial charge in [0.25, 0.3) is 0 Å². The molecule has 0 heterocycles. The van der Waals surface area contributed by atoms with E-state index in [1.807, 2.05) is 6.92 Å². The van der Waals surface area contributed by atoms with Crippen LogP contribution in [-0.2, 0) is 0 Å². The standard InChI is InChI=1S/C15H16N2O3/c1-2-19-14-9-12(7-8-13(14)16)20-11-5-3-10(4-6-11)15(17)18/h3-9H,2,16H2,1H3,(H2,17,18). The SMILES string of the molecule is CCOc1cc(Oc2ccc(C(N)=O)cc2)ccc1N. The lowest BCUT2D eigenvalue weighted by Crippen LogP contribution is -2.10. The van der Waals surface area contributed by atoms with Gasteiger partial charge in [-0.3, -0.25) is 4.79 Å². The van der Waals surface area contributed by atoms with E-state index in [9.17, 15) is 4.79 Å². The molecule has 2 rings (SSSR count). The smallest absolute Gasteiger partial charge is 0.248 e. The Kier molecular flexibility index (Phi) is 4.10. The first kappa shape index (κ1) is 13.7. The van der Waals surface area contributed by atoms with Gasteiger partial charge in [-0.15, -0.1) is 0 Å². The molecule has 0 aliphatic rings. The molecule has 0 spiro atoms. The normalized spacial score (nSPS) is 10.1. The van der Waals surface area contributed by atoms with Crippen molar-refractivity contribution < 1.29 is 14.3 Å². The van der Waals surface area contributed by atoms with Crippen LogP contribution in [0.25, 0.3) is 0 Å². The molecule has 0 saturated carbocycles. The highest BCUT2D eigenvalue weighted by Crippen LogP contribution is 2.30. The fraction of sp³-hybridized carbons (Fsp3) is 0.133. The quantitative estimate of drug-likeness (QED) is 0.819. The summed E-state index contributed by atoms with van der Waals surface area (Å²) in [7, 11) is 0. The van der Waals surface area contributed by atoms with Gasteiger partial charge in [0.2, 0.25) is 5.91 Å². The summed E-state index contributed by atoms with van der Waals surface area (Å²) in [5, 5.41) is 0. The van der Waals surface area contributed by atoms with Crippen LogP contribution in [0.3, 0.4) is 0 Å². The molecule has 2 aromatic rings. The number of hydrogen-bond donors (Lipinski definition) is 2. The van der Waals surface area contributed by atoms with Crippen LogP contribution in [0.1, 0.15) is 17.3 Å². The van der Waals surface area contributed by atoms with Crippen LogP contribution in [0.2, 0.25) is 0 Å². The molecule has 5 nitrogen and oxygen atoms in total. The lowest BCUT2D eigenvalue weighted by Gasteiger charge is -2.10. The van der Waals surface area contributed by atoms with E-state index >= 15 is 0 Å². The maximum atomic E-state index is 11.0. The lowest BCUT2D eigenvalue weighted by atomic mass is 10.2. The van der Waals surface area contributed by atoms with E-state index in [4.69, 9.17) is 20.9 Å². The summed E-state index contributed by atoms with van der Waals surface area (Å²) >= 11 is 0. The molecular formula is C15H16N2O3. The van der Waals surface area contributed by atoms with Crippen molar-refractivity contribution in [2.75, 3.05) is 12.3 Å². The van der Waals surface area contributed by atoms with Crippen molar-refractivity contribution in [1.82, 2.24) is 0 Å². The molecule has 5 heteroatoms. The highest BCUT2D eigenvalue weighted by Gasteiger charge is 2.05. The number of benzene rings is 2. The number of ether oxygens (including phenoxy) is 2. The Balaban J connectivity index is 2.17. The molecule has 4 N–H and O–H groups in total. The summed E-state index contributed by atoms with van der Waals surface area (Å²) in [6.45, 7) is 2.41. The highest BCUT2D eigenvalue weighted by molar-refractivity contribution is 5.92. The van der Waals surface area contributed by atoms with Crippen LogP contribution in [0, 0.1) is 0 Å². The third kappa shape index (κ3) is 3.20. The first-order chi connectivity index (χ1) is 9.60. The van der Waals surface area contributed by atoms with E-state index in [1.54, 1.807) is 42.5 Å². The first-order valence-corrected chi connectivity index (χ1v) is 6.20. The Labute approximate surface area is 117 Å². The molecule has 0 aromatic heterocycles. The molecule has 104 valence electrons. The Morgan fingerprint density at radius 3 is 2.35 bits per heavy atom. The van der Waals surface area contributed by atoms with Gasteiger partial charge in [-0.25, -0.2) is 0 Å². The second kappa shape index (κ2) is 5.97. The van der Waals surface area contributed by atoms with Gasteiger partial charge >= 0.3 is 0 Å². The molecule has 0 aliphatic heterocycles. The number of amides is 1. The third-order valence-corrected chi connectivity index (χ3v) is 2.66. The Morgan fingerprint density at radius 2 is 1.75 bits per heavy atom. The number of hydrogen-bond acceptors (Lipinski definition) is 4. The topological polar surface area (TPSA) is 87.6 Å². The average molecular weight is 272 g/mol. The molecule has 20 heavy (non-hydrogen) atoms. The second-order valence-electron chi connectivity index (χ2n) is 4.12. The number of anilines is 1. The van der Waals surface area contributed by atoms with Crippen molar-refractivity contribution in [1.29, 1.82) is 0 Å². The predicted molar refractivity (Wildman–Crippen MR) is 77.1 cm³/mol. The summed E-state index contributed by atoms with van der Waals surface area (Å²) < 4.78 is 11.1. The fourth-order valence-electron chi connectivity index (χ4n) is 1.68. The number of nitrogen functional groups attached to an aromatic ring is 1. The maximum Gasteiger partial charge on any atom is 0.248 e. The summed E-state index contributed by atoms with van der Waals surface area (Å²) in [6.07, 6.45) is 0. The van der Waals surface area contributed by atoms with Crippen LogP contribution >= 0.6 is 0 Å². The van der Waals surface area contributed by atoms with Crippen molar-refractivity contribution >= 4 is 11.6 Å². The Bertz CT molecular complexity index is 609. The molecule has 0 aliphatic carbocycles. The molecule has 0 radical (unpaired) electrons.